The number of nitrogens with two attached hydrogens (primary N) is 1. The summed E-state index contributed by atoms with van der Waals surface area (Å²) < 4.78 is 21.0. The second-order valence-electron chi connectivity index (χ2n) is 5.76. The molecule has 1 saturated heterocycles. The largest absolute Gasteiger partial charge is 0.453 e. The molecule has 142 valence electrons. The molecule has 0 radical (unpaired) electrons. The monoisotopic (exact) mass is 367 g/mol. The lowest BCUT2D eigenvalue weighted by Gasteiger charge is -2.42. The number of aliphatic hydroxyl groups is 1. The first-order chi connectivity index (χ1) is 12.3. The van der Waals surface area contributed by atoms with E-state index >= 15 is 0 Å². The van der Waals surface area contributed by atoms with Gasteiger partial charge in [-0.05, 0) is 5.56 Å². The number of benzene rings is 1. The minimum absolute atomic E-state index is 0.0542. The Bertz CT molecular complexity index is 649. The van der Waals surface area contributed by atoms with Crippen LogP contribution in [-0.2, 0) is 39.9 Å². The molecule has 9 nitrogen and oxygen atoms in total. The quantitative estimate of drug-likeness (QED) is 0.651. The second-order valence-corrected chi connectivity index (χ2v) is 5.76. The van der Waals surface area contributed by atoms with E-state index in [4.69, 9.17) is 24.7 Å². The fraction of sp³-hybridized carbons (Fsp3) is 0.471. The molecule has 1 aromatic carbocycles. The van der Waals surface area contributed by atoms with Gasteiger partial charge in [0, 0.05) is 13.8 Å². The highest BCUT2D eigenvalue weighted by Gasteiger charge is 2.51. The minimum Gasteiger partial charge on any atom is -0.453 e. The average molecular weight is 367 g/mol. The molecule has 26 heavy (non-hydrogen) atoms. The molecule has 1 heterocycles. The smallest absolute Gasteiger partial charge is 0.305 e. The first kappa shape index (κ1) is 19.8. The van der Waals surface area contributed by atoms with Crippen molar-refractivity contribution in [1.82, 2.24) is 0 Å². The van der Waals surface area contributed by atoms with Gasteiger partial charge in [-0.15, -0.1) is 0 Å². The summed E-state index contributed by atoms with van der Waals surface area (Å²) >= 11 is 0. The van der Waals surface area contributed by atoms with E-state index in [9.17, 15) is 19.5 Å². The Morgan fingerprint density at radius 3 is 2.23 bits per heavy atom. The zero-order valence-corrected chi connectivity index (χ0v) is 14.4. The van der Waals surface area contributed by atoms with Gasteiger partial charge < -0.3 is 29.8 Å². The van der Waals surface area contributed by atoms with Crippen LogP contribution in [0.5, 0.6) is 0 Å². The van der Waals surface area contributed by atoms with Gasteiger partial charge in [0.1, 0.15) is 12.2 Å². The summed E-state index contributed by atoms with van der Waals surface area (Å²) in [5.74, 6) is -2.40. The highest BCUT2D eigenvalue weighted by Crippen LogP contribution is 2.28. The lowest BCUT2D eigenvalue weighted by atomic mass is 9.97. The van der Waals surface area contributed by atoms with Gasteiger partial charge in [-0.3, -0.25) is 14.4 Å². The van der Waals surface area contributed by atoms with Crippen molar-refractivity contribution in [3.05, 3.63) is 35.9 Å². The fourth-order valence-electron chi connectivity index (χ4n) is 2.59. The van der Waals surface area contributed by atoms with Crippen LogP contribution in [0.25, 0.3) is 0 Å². The number of hydrogen-bond acceptors (Lipinski definition) is 8. The number of esters is 2. The van der Waals surface area contributed by atoms with E-state index in [1.54, 1.807) is 24.3 Å². The van der Waals surface area contributed by atoms with Gasteiger partial charge in [0.15, 0.2) is 12.2 Å². The van der Waals surface area contributed by atoms with Crippen LogP contribution in [0.1, 0.15) is 19.4 Å². The highest BCUT2D eigenvalue weighted by molar-refractivity contribution is 5.80. The summed E-state index contributed by atoms with van der Waals surface area (Å²) in [5.41, 5.74) is 6.02. The summed E-state index contributed by atoms with van der Waals surface area (Å²) in [6, 6.07) is 9.02. The van der Waals surface area contributed by atoms with Crippen molar-refractivity contribution >= 4 is 17.8 Å². The molecule has 1 fully saturated rings. The van der Waals surface area contributed by atoms with E-state index < -0.39 is 48.6 Å². The van der Waals surface area contributed by atoms with Crippen LogP contribution in [0.2, 0.25) is 0 Å². The summed E-state index contributed by atoms with van der Waals surface area (Å²) in [6.07, 6.45) is -6.93. The molecule has 1 aliphatic heterocycles. The standard InChI is InChI=1S/C17H21NO8/c1-9(19)24-15-13(23-8-11-6-4-3-5-7-11)12(21)14(16(18)22)26-17(15)25-10(2)20/h3-7,12-15,17,21H,8H2,1-2H3,(H2,18,22)/t12-,13+,14?,15?,17-/m1/s1. The second kappa shape index (κ2) is 8.75. The number of rotatable bonds is 6. The first-order valence-corrected chi connectivity index (χ1v) is 7.92. The van der Waals surface area contributed by atoms with Gasteiger partial charge in [0.05, 0.1) is 6.61 Å². The topological polar surface area (TPSA) is 134 Å². The van der Waals surface area contributed by atoms with E-state index in [0.717, 1.165) is 19.4 Å². The van der Waals surface area contributed by atoms with Crippen LogP contribution in [0.15, 0.2) is 30.3 Å². The molecule has 2 rings (SSSR count). The van der Waals surface area contributed by atoms with Crippen LogP contribution < -0.4 is 5.73 Å². The molecule has 0 bridgehead atoms. The Hall–Kier alpha value is -2.49. The highest BCUT2D eigenvalue weighted by atomic mass is 16.7. The predicted octanol–water partition coefficient (Wildman–Crippen LogP) is -0.362. The summed E-state index contributed by atoms with van der Waals surface area (Å²) in [7, 11) is 0. The third kappa shape index (κ3) is 5.01. The molecular weight excluding hydrogens is 346 g/mol. The van der Waals surface area contributed by atoms with Gasteiger partial charge >= 0.3 is 11.9 Å². The molecule has 0 aromatic heterocycles. The van der Waals surface area contributed by atoms with Crippen LogP contribution >= 0.6 is 0 Å². The number of primary amides is 1. The molecule has 1 amide bonds. The number of ether oxygens (including phenoxy) is 4. The lowest BCUT2D eigenvalue weighted by Crippen LogP contribution is -2.63. The molecule has 2 unspecified atom stereocenters. The van der Waals surface area contributed by atoms with Gasteiger partial charge in [-0.25, -0.2) is 0 Å². The average Bonchev–Trinajstić information content (AvgIpc) is 2.56. The van der Waals surface area contributed by atoms with E-state index in [2.05, 4.69) is 0 Å². The van der Waals surface area contributed by atoms with Crippen molar-refractivity contribution in [2.75, 3.05) is 0 Å². The Morgan fingerprint density at radius 2 is 1.69 bits per heavy atom. The molecule has 1 aliphatic rings. The molecular formula is C17H21NO8. The zero-order chi connectivity index (χ0) is 19.3. The number of aliphatic hydroxyl groups excluding tert-OH is 1. The van der Waals surface area contributed by atoms with Gasteiger partial charge in [-0.1, -0.05) is 30.3 Å². The lowest BCUT2D eigenvalue weighted by molar-refractivity contribution is -0.293. The van der Waals surface area contributed by atoms with E-state index in [1.807, 2.05) is 6.07 Å². The normalized spacial score (nSPS) is 28.2. The third-order valence-corrected chi connectivity index (χ3v) is 3.67. The Morgan fingerprint density at radius 1 is 1.08 bits per heavy atom. The Balaban J connectivity index is 2.26. The third-order valence-electron chi connectivity index (χ3n) is 3.67. The molecule has 3 N–H and O–H groups in total. The zero-order valence-electron chi connectivity index (χ0n) is 14.4. The Kier molecular flexibility index (Phi) is 6.67. The first-order valence-electron chi connectivity index (χ1n) is 7.92. The van der Waals surface area contributed by atoms with Crippen molar-refractivity contribution in [3.8, 4) is 0 Å². The van der Waals surface area contributed by atoms with E-state index in [1.165, 1.54) is 0 Å². The van der Waals surface area contributed by atoms with Gasteiger partial charge in [0.25, 0.3) is 0 Å². The molecule has 5 atom stereocenters. The SMILES string of the molecule is CC(=O)OC1[C@H](OC(C)=O)OC(C(N)=O)[C@H](O)[C@@H]1OCc1ccccc1. The number of carbonyl (C=O) groups excluding carboxylic acids is 3. The predicted molar refractivity (Wildman–Crippen MR) is 86.2 cm³/mol. The summed E-state index contributed by atoms with van der Waals surface area (Å²) in [4.78, 5) is 34.3. The molecule has 0 spiro atoms. The maximum absolute atomic E-state index is 11.6. The molecule has 0 aliphatic carbocycles. The minimum atomic E-state index is -1.52. The van der Waals surface area contributed by atoms with Crippen molar-refractivity contribution in [2.24, 2.45) is 5.73 Å². The van der Waals surface area contributed by atoms with Crippen LogP contribution in [0.3, 0.4) is 0 Å². The molecule has 9 heteroatoms. The van der Waals surface area contributed by atoms with Gasteiger partial charge in [-0.2, -0.15) is 0 Å². The van der Waals surface area contributed by atoms with Crippen molar-refractivity contribution < 1.29 is 38.4 Å². The van der Waals surface area contributed by atoms with Crippen molar-refractivity contribution in [1.29, 1.82) is 0 Å². The summed E-state index contributed by atoms with van der Waals surface area (Å²) in [6.45, 7) is 2.32. The molecule has 0 saturated carbocycles. The molecule has 1 aromatic rings. The maximum Gasteiger partial charge on any atom is 0.305 e. The van der Waals surface area contributed by atoms with Crippen molar-refractivity contribution in [2.45, 2.75) is 51.2 Å². The number of hydrogen-bond donors (Lipinski definition) is 2. The van der Waals surface area contributed by atoms with E-state index in [-0.39, 0.29) is 6.61 Å². The Labute approximate surface area is 150 Å². The van der Waals surface area contributed by atoms with E-state index in [0.29, 0.717) is 0 Å². The number of amides is 1. The summed E-state index contributed by atoms with van der Waals surface area (Å²) in [5, 5.41) is 10.4. The van der Waals surface area contributed by atoms with Crippen molar-refractivity contribution in [3.63, 3.8) is 0 Å². The van der Waals surface area contributed by atoms with Crippen LogP contribution in [0.4, 0.5) is 0 Å². The number of carbonyl (C=O) groups is 3. The van der Waals surface area contributed by atoms with Crippen LogP contribution in [0, 0.1) is 0 Å². The fourth-order valence-corrected chi connectivity index (χ4v) is 2.59. The van der Waals surface area contributed by atoms with Gasteiger partial charge in [0.2, 0.25) is 12.2 Å². The van der Waals surface area contributed by atoms with Crippen LogP contribution in [-0.4, -0.2) is 53.7 Å². The maximum atomic E-state index is 11.6.